The molecule has 0 saturated carbocycles. The third-order valence-corrected chi connectivity index (χ3v) is 5.48. The molecule has 2 aromatic carbocycles. The first-order valence-corrected chi connectivity index (χ1v) is 10.4. The van der Waals surface area contributed by atoms with Crippen molar-refractivity contribution >= 4 is 34.5 Å². The van der Waals surface area contributed by atoms with Crippen LogP contribution < -0.4 is 10.1 Å². The second-order valence-electron chi connectivity index (χ2n) is 6.57. The molecule has 0 bridgehead atoms. The molecule has 0 radical (unpaired) electrons. The molecule has 1 N–H and O–H groups in total. The number of hydrogen-bond donors (Lipinski definition) is 1. The highest BCUT2D eigenvalue weighted by Gasteiger charge is 2.32. The lowest BCUT2D eigenvalue weighted by molar-refractivity contribution is 0.0683. The molecule has 7 heteroatoms. The summed E-state index contributed by atoms with van der Waals surface area (Å²) in [7, 11) is 0. The molecule has 3 aromatic rings. The normalized spacial score (nSPS) is 15.9. The molecule has 0 fully saturated rings. The van der Waals surface area contributed by atoms with Gasteiger partial charge in [0.2, 0.25) is 0 Å². The molecule has 0 unspecified atom stereocenters. The number of benzene rings is 2. The standard InChI is InChI=1S/C21H20ClN3O2S/c1-2-9-25-20(24-19-10-15(22)5-8-18(19)21(25)26)14-3-6-17(7-4-14)27-11-16-12-28-13-23-16/h3-8,10,12-13,20,24H,2,9,11H2,1H3/t20-/m0/s1. The molecule has 144 valence electrons. The number of aromatic nitrogens is 1. The molecule has 1 amide bonds. The first kappa shape index (κ1) is 18.8. The quantitative estimate of drug-likeness (QED) is 0.591. The van der Waals surface area contributed by atoms with Crippen molar-refractivity contribution in [2.24, 2.45) is 0 Å². The third-order valence-electron chi connectivity index (χ3n) is 4.61. The van der Waals surface area contributed by atoms with Crippen LogP contribution in [0.25, 0.3) is 0 Å². The number of nitrogens with zero attached hydrogens (tertiary/aromatic N) is 2. The van der Waals surface area contributed by atoms with Gasteiger partial charge in [-0.15, -0.1) is 11.3 Å². The van der Waals surface area contributed by atoms with E-state index in [9.17, 15) is 4.79 Å². The van der Waals surface area contributed by atoms with Gasteiger partial charge in [-0.1, -0.05) is 30.7 Å². The van der Waals surface area contributed by atoms with E-state index >= 15 is 0 Å². The first-order chi connectivity index (χ1) is 13.7. The number of nitrogens with one attached hydrogen (secondary N) is 1. The molecule has 5 nitrogen and oxygen atoms in total. The van der Waals surface area contributed by atoms with Crippen molar-refractivity contribution in [1.82, 2.24) is 9.88 Å². The zero-order valence-corrected chi connectivity index (χ0v) is 17.0. The van der Waals surface area contributed by atoms with Gasteiger partial charge >= 0.3 is 0 Å². The Balaban J connectivity index is 1.56. The van der Waals surface area contributed by atoms with E-state index in [4.69, 9.17) is 16.3 Å². The van der Waals surface area contributed by atoms with Gasteiger partial charge in [-0.2, -0.15) is 0 Å². The van der Waals surface area contributed by atoms with Gasteiger partial charge in [-0.25, -0.2) is 4.98 Å². The van der Waals surface area contributed by atoms with E-state index in [-0.39, 0.29) is 12.1 Å². The van der Waals surface area contributed by atoms with E-state index in [0.717, 1.165) is 29.1 Å². The van der Waals surface area contributed by atoms with Gasteiger partial charge in [0.1, 0.15) is 18.5 Å². The second kappa shape index (κ2) is 8.20. The lowest BCUT2D eigenvalue weighted by atomic mass is 10.0. The topological polar surface area (TPSA) is 54.5 Å². The number of thiazole rings is 1. The van der Waals surface area contributed by atoms with E-state index in [1.54, 1.807) is 35.0 Å². The Morgan fingerprint density at radius 3 is 2.79 bits per heavy atom. The van der Waals surface area contributed by atoms with Crippen molar-refractivity contribution in [3.63, 3.8) is 0 Å². The van der Waals surface area contributed by atoms with Crippen LogP contribution in [0.3, 0.4) is 0 Å². The number of rotatable bonds is 6. The Morgan fingerprint density at radius 2 is 2.07 bits per heavy atom. The summed E-state index contributed by atoms with van der Waals surface area (Å²) in [6.07, 6.45) is 0.632. The molecule has 0 aliphatic carbocycles. The maximum absolute atomic E-state index is 13.0. The van der Waals surface area contributed by atoms with Crippen LogP contribution in [-0.2, 0) is 6.61 Å². The molecular weight excluding hydrogens is 394 g/mol. The third kappa shape index (κ3) is 3.84. The van der Waals surface area contributed by atoms with Gasteiger partial charge in [0.25, 0.3) is 5.91 Å². The van der Waals surface area contributed by atoms with Crippen LogP contribution in [0.5, 0.6) is 5.75 Å². The van der Waals surface area contributed by atoms with Crippen molar-refractivity contribution in [3.05, 3.63) is 75.2 Å². The van der Waals surface area contributed by atoms with E-state index in [1.165, 1.54) is 0 Å². The number of halogens is 1. The van der Waals surface area contributed by atoms with E-state index in [1.807, 2.05) is 34.5 Å². The largest absolute Gasteiger partial charge is 0.487 e. The van der Waals surface area contributed by atoms with Crippen molar-refractivity contribution < 1.29 is 9.53 Å². The van der Waals surface area contributed by atoms with E-state index in [0.29, 0.717) is 23.7 Å². The van der Waals surface area contributed by atoms with Crippen molar-refractivity contribution in [3.8, 4) is 5.75 Å². The van der Waals surface area contributed by atoms with Crippen LogP contribution in [0.2, 0.25) is 5.02 Å². The fourth-order valence-corrected chi connectivity index (χ4v) is 3.98. The zero-order valence-electron chi connectivity index (χ0n) is 15.4. The summed E-state index contributed by atoms with van der Waals surface area (Å²) in [5, 5.41) is 6.04. The van der Waals surface area contributed by atoms with Crippen molar-refractivity contribution in [1.29, 1.82) is 0 Å². The molecule has 1 atom stereocenters. The van der Waals surface area contributed by atoms with Gasteiger partial charge < -0.3 is 15.0 Å². The predicted octanol–water partition coefficient (Wildman–Crippen LogP) is 5.35. The average molecular weight is 414 g/mol. The molecule has 1 aliphatic rings. The monoisotopic (exact) mass is 413 g/mol. The number of carbonyl (C=O) groups excluding carboxylic acids is 1. The minimum absolute atomic E-state index is 0.0149. The Kier molecular flexibility index (Phi) is 5.50. The Morgan fingerprint density at radius 1 is 1.25 bits per heavy atom. The van der Waals surface area contributed by atoms with Gasteiger partial charge in [-0.05, 0) is 42.3 Å². The summed E-state index contributed by atoms with van der Waals surface area (Å²) in [5.74, 6) is 0.783. The van der Waals surface area contributed by atoms with Gasteiger partial charge in [-0.3, -0.25) is 4.79 Å². The summed E-state index contributed by atoms with van der Waals surface area (Å²) < 4.78 is 5.79. The van der Waals surface area contributed by atoms with Crippen LogP contribution in [0.4, 0.5) is 5.69 Å². The van der Waals surface area contributed by atoms with Crippen LogP contribution in [0.15, 0.2) is 53.4 Å². The number of carbonyl (C=O) groups is 1. The lowest BCUT2D eigenvalue weighted by Crippen LogP contribution is -2.43. The molecule has 0 saturated heterocycles. The average Bonchev–Trinajstić information content (AvgIpc) is 3.22. The fourth-order valence-electron chi connectivity index (χ4n) is 3.27. The summed E-state index contributed by atoms with van der Waals surface area (Å²) >= 11 is 7.68. The number of anilines is 1. The summed E-state index contributed by atoms with van der Waals surface area (Å²) in [4.78, 5) is 19.1. The highest BCUT2D eigenvalue weighted by atomic mass is 35.5. The molecule has 1 aliphatic heterocycles. The maximum atomic E-state index is 13.0. The summed E-state index contributed by atoms with van der Waals surface area (Å²) in [5.41, 5.74) is 5.11. The van der Waals surface area contributed by atoms with Crippen LogP contribution in [-0.4, -0.2) is 22.3 Å². The molecule has 4 rings (SSSR count). The lowest BCUT2D eigenvalue weighted by Gasteiger charge is -2.38. The number of amides is 1. The highest BCUT2D eigenvalue weighted by molar-refractivity contribution is 7.07. The minimum atomic E-state index is -0.244. The van der Waals surface area contributed by atoms with Crippen LogP contribution in [0.1, 0.15) is 41.1 Å². The van der Waals surface area contributed by atoms with Gasteiger partial charge in [0.05, 0.1) is 22.5 Å². The second-order valence-corrected chi connectivity index (χ2v) is 7.73. The molecule has 2 heterocycles. The molecule has 28 heavy (non-hydrogen) atoms. The first-order valence-electron chi connectivity index (χ1n) is 9.12. The van der Waals surface area contributed by atoms with Crippen molar-refractivity contribution in [2.75, 3.05) is 11.9 Å². The van der Waals surface area contributed by atoms with E-state index < -0.39 is 0 Å². The predicted molar refractivity (Wildman–Crippen MR) is 112 cm³/mol. The van der Waals surface area contributed by atoms with Gasteiger partial charge in [0.15, 0.2) is 0 Å². The Hall–Kier alpha value is -2.57. The van der Waals surface area contributed by atoms with Crippen molar-refractivity contribution in [2.45, 2.75) is 26.1 Å². The highest BCUT2D eigenvalue weighted by Crippen LogP contribution is 2.35. The Bertz CT molecular complexity index is 960. The number of hydrogen-bond acceptors (Lipinski definition) is 5. The van der Waals surface area contributed by atoms with Gasteiger partial charge in [0, 0.05) is 16.9 Å². The smallest absolute Gasteiger partial charge is 0.257 e. The molecular formula is C21H20ClN3O2S. The Labute approximate surface area is 172 Å². The minimum Gasteiger partial charge on any atom is -0.487 e. The summed E-state index contributed by atoms with van der Waals surface area (Å²) in [6, 6.07) is 13.1. The molecule has 1 aromatic heterocycles. The zero-order chi connectivity index (χ0) is 19.5. The van der Waals surface area contributed by atoms with E-state index in [2.05, 4.69) is 17.2 Å². The SMILES string of the molecule is CCCN1C(=O)c2ccc(Cl)cc2N[C@@H]1c1ccc(OCc2cscn2)cc1. The van der Waals surface area contributed by atoms with Crippen LogP contribution in [0, 0.1) is 0 Å². The summed E-state index contributed by atoms with van der Waals surface area (Å²) in [6.45, 7) is 3.18. The number of ether oxygens (including phenoxy) is 1. The molecule has 0 spiro atoms. The maximum Gasteiger partial charge on any atom is 0.257 e. The fraction of sp³-hybridized carbons (Fsp3) is 0.238. The number of fused-ring (bicyclic) bond motifs is 1. The van der Waals surface area contributed by atoms with Crippen LogP contribution >= 0.6 is 22.9 Å².